The molecule has 154 valence electrons. The van der Waals surface area contributed by atoms with Gasteiger partial charge < -0.3 is 14.9 Å². The van der Waals surface area contributed by atoms with E-state index in [9.17, 15) is 8.42 Å². The number of benzene rings is 3. The second kappa shape index (κ2) is 8.61. The lowest BCUT2D eigenvalue weighted by Crippen LogP contribution is -2.37. The summed E-state index contributed by atoms with van der Waals surface area (Å²) in [5.41, 5.74) is 5.24. The molecule has 1 heterocycles. The van der Waals surface area contributed by atoms with Crippen LogP contribution in [0.2, 0.25) is 0 Å². The highest BCUT2D eigenvalue weighted by Crippen LogP contribution is 2.35. The van der Waals surface area contributed by atoms with Crippen molar-refractivity contribution in [3.05, 3.63) is 96.1 Å². The van der Waals surface area contributed by atoms with Gasteiger partial charge in [-0.15, -0.1) is 4.83 Å². The van der Waals surface area contributed by atoms with Crippen LogP contribution in [0, 0.1) is 0 Å². The minimum Gasteiger partial charge on any atom is -0.494 e. The van der Waals surface area contributed by atoms with Gasteiger partial charge in [0.1, 0.15) is 17.6 Å². The molecule has 1 aliphatic heterocycles. The summed E-state index contributed by atoms with van der Waals surface area (Å²) in [6.07, 6.45) is 1.52. The van der Waals surface area contributed by atoms with Crippen molar-refractivity contribution in [3.8, 4) is 11.5 Å². The molecule has 1 atom stereocenters. The third-order valence-electron chi connectivity index (χ3n) is 4.64. The SMILES string of the molecule is CCOc1ccc(S(=O)(=O)NNC2=C[C@H](c3ccccc3)Oc3ccccc32)cc1. The summed E-state index contributed by atoms with van der Waals surface area (Å²) in [7, 11) is -3.77. The quantitative estimate of drug-likeness (QED) is 0.562. The van der Waals surface area contributed by atoms with Crippen molar-refractivity contribution in [1.29, 1.82) is 0 Å². The molecule has 3 aromatic carbocycles. The van der Waals surface area contributed by atoms with E-state index in [2.05, 4.69) is 10.3 Å². The number of hydrogen-bond donors (Lipinski definition) is 2. The predicted octanol–water partition coefficient (Wildman–Crippen LogP) is 4.04. The van der Waals surface area contributed by atoms with Crippen LogP contribution in [0.3, 0.4) is 0 Å². The molecular weight excluding hydrogens is 400 g/mol. The lowest BCUT2D eigenvalue weighted by molar-refractivity contribution is 0.249. The highest BCUT2D eigenvalue weighted by atomic mass is 32.2. The van der Waals surface area contributed by atoms with Gasteiger partial charge in [0.25, 0.3) is 10.0 Å². The zero-order valence-electron chi connectivity index (χ0n) is 16.4. The van der Waals surface area contributed by atoms with E-state index in [0.29, 0.717) is 23.8 Å². The number of fused-ring (bicyclic) bond motifs is 1. The Morgan fingerprint density at radius 3 is 2.37 bits per heavy atom. The normalized spacial score (nSPS) is 15.5. The van der Waals surface area contributed by atoms with Crippen LogP contribution in [0.1, 0.15) is 24.2 Å². The van der Waals surface area contributed by atoms with Gasteiger partial charge in [0.05, 0.1) is 17.2 Å². The van der Waals surface area contributed by atoms with Crippen LogP contribution in [-0.2, 0) is 10.0 Å². The molecule has 1 aliphatic rings. The van der Waals surface area contributed by atoms with E-state index in [1.54, 1.807) is 12.1 Å². The first-order chi connectivity index (χ1) is 14.6. The van der Waals surface area contributed by atoms with E-state index in [1.165, 1.54) is 12.1 Å². The summed E-state index contributed by atoms with van der Waals surface area (Å²) >= 11 is 0. The van der Waals surface area contributed by atoms with E-state index in [1.807, 2.05) is 67.6 Å². The van der Waals surface area contributed by atoms with Crippen molar-refractivity contribution < 1.29 is 17.9 Å². The van der Waals surface area contributed by atoms with E-state index in [0.717, 1.165) is 11.1 Å². The summed E-state index contributed by atoms with van der Waals surface area (Å²) in [5, 5.41) is 0. The van der Waals surface area contributed by atoms with E-state index in [-0.39, 0.29) is 11.0 Å². The molecule has 3 aromatic rings. The largest absolute Gasteiger partial charge is 0.494 e. The standard InChI is InChI=1S/C23H22N2O4S/c1-2-28-18-12-14-19(15-13-18)30(26,27)25-24-21-16-23(17-8-4-3-5-9-17)29-22-11-7-6-10-20(21)22/h3-16,23-25H,2H2,1H3/t23-/m1/s1. The molecule has 0 bridgehead atoms. The van der Waals surface area contributed by atoms with Gasteiger partial charge in [0, 0.05) is 5.56 Å². The van der Waals surface area contributed by atoms with Crippen LogP contribution in [-0.4, -0.2) is 15.0 Å². The number of sulfonamides is 1. The Hall–Kier alpha value is -3.29. The molecule has 0 saturated carbocycles. The monoisotopic (exact) mass is 422 g/mol. The summed E-state index contributed by atoms with van der Waals surface area (Å²) < 4.78 is 36.9. The second-order valence-electron chi connectivity index (χ2n) is 6.66. The Balaban J connectivity index is 1.57. The molecule has 0 amide bonds. The summed E-state index contributed by atoms with van der Waals surface area (Å²) in [6.45, 7) is 2.39. The molecule has 0 spiro atoms. The molecule has 4 rings (SSSR count). The van der Waals surface area contributed by atoms with Crippen LogP contribution in [0.25, 0.3) is 5.70 Å². The van der Waals surface area contributed by atoms with Crippen molar-refractivity contribution >= 4 is 15.7 Å². The van der Waals surface area contributed by atoms with Crippen LogP contribution in [0.4, 0.5) is 0 Å². The highest BCUT2D eigenvalue weighted by molar-refractivity contribution is 7.89. The van der Waals surface area contributed by atoms with Gasteiger partial charge in [-0.05, 0) is 55.0 Å². The Morgan fingerprint density at radius 1 is 0.933 bits per heavy atom. The highest BCUT2D eigenvalue weighted by Gasteiger charge is 2.23. The predicted molar refractivity (Wildman–Crippen MR) is 115 cm³/mol. The van der Waals surface area contributed by atoms with E-state index >= 15 is 0 Å². The maximum atomic E-state index is 12.7. The van der Waals surface area contributed by atoms with Gasteiger partial charge in [-0.25, -0.2) is 8.42 Å². The maximum absolute atomic E-state index is 12.7. The number of hydrogen-bond acceptors (Lipinski definition) is 5. The van der Waals surface area contributed by atoms with Crippen LogP contribution in [0.5, 0.6) is 11.5 Å². The van der Waals surface area contributed by atoms with Gasteiger partial charge in [-0.3, -0.25) is 0 Å². The molecule has 0 aromatic heterocycles. The number of rotatable bonds is 7. The van der Waals surface area contributed by atoms with Crippen LogP contribution in [0.15, 0.2) is 89.8 Å². The van der Waals surface area contributed by atoms with Gasteiger partial charge in [-0.1, -0.05) is 42.5 Å². The van der Waals surface area contributed by atoms with Gasteiger partial charge >= 0.3 is 0 Å². The fraction of sp³-hybridized carbons (Fsp3) is 0.130. The smallest absolute Gasteiger partial charge is 0.257 e. The zero-order chi connectivity index (χ0) is 21.0. The fourth-order valence-corrected chi connectivity index (χ4v) is 4.04. The zero-order valence-corrected chi connectivity index (χ0v) is 17.2. The summed E-state index contributed by atoms with van der Waals surface area (Å²) in [5.74, 6) is 1.30. The number of para-hydroxylation sites is 1. The first-order valence-corrected chi connectivity index (χ1v) is 11.1. The lowest BCUT2D eigenvalue weighted by atomic mass is 10.0. The van der Waals surface area contributed by atoms with Crippen molar-refractivity contribution in [1.82, 2.24) is 10.3 Å². The van der Waals surface area contributed by atoms with Crippen molar-refractivity contribution in [3.63, 3.8) is 0 Å². The van der Waals surface area contributed by atoms with Crippen LogP contribution < -0.4 is 19.7 Å². The average molecular weight is 423 g/mol. The molecule has 0 saturated heterocycles. The lowest BCUT2D eigenvalue weighted by Gasteiger charge is -2.26. The first kappa shape index (κ1) is 20.0. The fourth-order valence-electron chi connectivity index (χ4n) is 3.18. The topological polar surface area (TPSA) is 76.7 Å². The van der Waals surface area contributed by atoms with Crippen LogP contribution >= 0.6 is 0 Å². The maximum Gasteiger partial charge on any atom is 0.257 e. The molecule has 0 fully saturated rings. The molecular formula is C23H22N2O4S. The van der Waals surface area contributed by atoms with E-state index in [4.69, 9.17) is 9.47 Å². The second-order valence-corrected chi connectivity index (χ2v) is 8.34. The van der Waals surface area contributed by atoms with Gasteiger partial charge in [0.2, 0.25) is 0 Å². The molecule has 0 aliphatic carbocycles. The third-order valence-corrected chi connectivity index (χ3v) is 5.91. The minimum atomic E-state index is -3.77. The molecule has 0 radical (unpaired) electrons. The Morgan fingerprint density at radius 2 is 1.63 bits per heavy atom. The average Bonchev–Trinajstić information content (AvgIpc) is 2.78. The molecule has 6 nitrogen and oxygen atoms in total. The molecule has 30 heavy (non-hydrogen) atoms. The van der Waals surface area contributed by atoms with Crippen molar-refractivity contribution in [2.75, 3.05) is 6.61 Å². The Bertz CT molecular complexity index is 1140. The first-order valence-electron chi connectivity index (χ1n) is 9.60. The summed E-state index contributed by atoms with van der Waals surface area (Å²) in [6, 6.07) is 23.5. The summed E-state index contributed by atoms with van der Waals surface area (Å²) in [4.78, 5) is 2.60. The molecule has 0 unspecified atom stereocenters. The van der Waals surface area contributed by atoms with Gasteiger partial charge in [-0.2, -0.15) is 0 Å². The minimum absolute atomic E-state index is 0.138. The number of hydrazine groups is 1. The molecule has 7 heteroatoms. The van der Waals surface area contributed by atoms with Crippen molar-refractivity contribution in [2.24, 2.45) is 0 Å². The Kier molecular flexibility index (Phi) is 5.74. The van der Waals surface area contributed by atoms with E-state index < -0.39 is 10.0 Å². The number of nitrogens with one attached hydrogen (secondary N) is 2. The van der Waals surface area contributed by atoms with Crippen molar-refractivity contribution in [2.45, 2.75) is 17.9 Å². The number of ether oxygens (including phenoxy) is 2. The third kappa shape index (κ3) is 4.32. The van der Waals surface area contributed by atoms with Gasteiger partial charge in [0.15, 0.2) is 0 Å². The molecule has 2 N–H and O–H groups in total. The Labute approximate surface area is 176 Å².